The molecule has 3 aromatic rings. The van der Waals surface area contributed by atoms with Gasteiger partial charge in [0.05, 0.1) is 23.8 Å². The zero-order valence-corrected chi connectivity index (χ0v) is 20.0. The van der Waals surface area contributed by atoms with E-state index in [-0.39, 0.29) is 30.3 Å². The molecule has 0 aliphatic rings. The number of hydrogen-bond donors (Lipinski definition) is 0. The number of unbranched alkanes of at least 4 members (excludes halogenated alkanes) is 1. The summed E-state index contributed by atoms with van der Waals surface area (Å²) >= 11 is 0. The summed E-state index contributed by atoms with van der Waals surface area (Å²) in [4.78, 5) is 42.3. The zero-order valence-electron chi connectivity index (χ0n) is 20.0. The Balaban J connectivity index is 1.89. The fourth-order valence-electron chi connectivity index (χ4n) is 3.80. The zero-order chi connectivity index (χ0) is 24.5. The number of fused-ring (bicyclic) bond motifs is 1. The summed E-state index contributed by atoms with van der Waals surface area (Å²) in [6.07, 6.45) is 5.12. The SMILES string of the molecule is C=CCN(CC(=O)N(Cc1ccccc1)Cc1coc2ccc(C)cc2c1=O)C(=O)CCCC. The van der Waals surface area contributed by atoms with Gasteiger partial charge in [0.15, 0.2) is 5.43 Å². The van der Waals surface area contributed by atoms with E-state index in [4.69, 9.17) is 4.42 Å². The average molecular weight is 461 g/mol. The predicted octanol–water partition coefficient (Wildman–Crippen LogP) is 4.84. The van der Waals surface area contributed by atoms with Crippen molar-refractivity contribution in [1.82, 2.24) is 9.80 Å². The lowest BCUT2D eigenvalue weighted by atomic mass is 10.1. The van der Waals surface area contributed by atoms with Crippen LogP contribution in [-0.2, 0) is 22.7 Å². The number of aryl methyl sites for hydroxylation is 1. The lowest BCUT2D eigenvalue weighted by Gasteiger charge is -2.27. The number of amides is 2. The minimum Gasteiger partial charge on any atom is -0.464 e. The lowest BCUT2D eigenvalue weighted by Crippen LogP contribution is -2.43. The first kappa shape index (κ1) is 25.0. The number of hydrogen-bond acceptors (Lipinski definition) is 4. The number of benzene rings is 2. The number of carbonyl (C=O) groups excluding carboxylic acids is 2. The Morgan fingerprint density at radius 2 is 1.79 bits per heavy atom. The molecule has 0 unspecified atom stereocenters. The minimum absolute atomic E-state index is 0.0700. The van der Waals surface area contributed by atoms with Crippen LogP contribution < -0.4 is 5.43 Å². The van der Waals surface area contributed by atoms with Crippen molar-refractivity contribution in [3.05, 3.63) is 94.4 Å². The maximum Gasteiger partial charge on any atom is 0.242 e. The van der Waals surface area contributed by atoms with Gasteiger partial charge in [0.2, 0.25) is 11.8 Å². The number of carbonyl (C=O) groups is 2. The summed E-state index contributed by atoms with van der Waals surface area (Å²) in [6.45, 7) is 8.30. The summed E-state index contributed by atoms with van der Waals surface area (Å²) in [5.41, 5.74) is 2.65. The van der Waals surface area contributed by atoms with Gasteiger partial charge in [-0.05, 0) is 31.0 Å². The molecule has 178 valence electrons. The number of rotatable bonds is 11. The first-order valence-corrected chi connectivity index (χ1v) is 11.6. The van der Waals surface area contributed by atoms with Crippen LogP contribution in [0.25, 0.3) is 11.0 Å². The van der Waals surface area contributed by atoms with Crippen molar-refractivity contribution >= 4 is 22.8 Å². The van der Waals surface area contributed by atoms with Crippen LogP contribution in [0.1, 0.15) is 42.9 Å². The largest absolute Gasteiger partial charge is 0.464 e. The van der Waals surface area contributed by atoms with E-state index in [0.717, 1.165) is 24.0 Å². The van der Waals surface area contributed by atoms with Gasteiger partial charge in [-0.2, -0.15) is 0 Å². The van der Waals surface area contributed by atoms with Gasteiger partial charge >= 0.3 is 0 Å². The molecule has 1 heterocycles. The molecule has 34 heavy (non-hydrogen) atoms. The third-order valence-corrected chi connectivity index (χ3v) is 5.70. The van der Waals surface area contributed by atoms with E-state index in [1.54, 1.807) is 23.1 Å². The summed E-state index contributed by atoms with van der Waals surface area (Å²) in [5.74, 6) is -0.310. The highest BCUT2D eigenvalue weighted by atomic mass is 16.3. The van der Waals surface area contributed by atoms with Crippen molar-refractivity contribution in [2.45, 2.75) is 46.2 Å². The Hall–Kier alpha value is -3.67. The first-order valence-electron chi connectivity index (χ1n) is 11.6. The summed E-state index contributed by atoms with van der Waals surface area (Å²) in [7, 11) is 0. The van der Waals surface area contributed by atoms with Gasteiger partial charge in [-0.25, -0.2) is 0 Å². The molecule has 0 aliphatic heterocycles. The lowest BCUT2D eigenvalue weighted by molar-refractivity contribution is -0.140. The summed E-state index contributed by atoms with van der Waals surface area (Å²) < 4.78 is 5.70. The van der Waals surface area contributed by atoms with Gasteiger partial charge in [-0.1, -0.05) is 61.4 Å². The molecule has 6 heteroatoms. The van der Waals surface area contributed by atoms with Crippen molar-refractivity contribution in [3.8, 4) is 0 Å². The van der Waals surface area contributed by atoms with Crippen molar-refractivity contribution in [3.63, 3.8) is 0 Å². The van der Waals surface area contributed by atoms with Crippen LogP contribution >= 0.6 is 0 Å². The van der Waals surface area contributed by atoms with E-state index in [2.05, 4.69) is 6.58 Å². The maximum atomic E-state index is 13.4. The molecule has 6 nitrogen and oxygen atoms in total. The van der Waals surface area contributed by atoms with Crippen LogP contribution in [0.5, 0.6) is 0 Å². The first-order chi connectivity index (χ1) is 16.4. The molecule has 0 aliphatic carbocycles. The molecule has 1 aromatic heterocycles. The Bertz CT molecular complexity index is 1200. The summed E-state index contributed by atoms with van der Waals surface area (Å²) in [5, 5.41) is 0.493. The van der Waals surface area contributed by atoms with E-state index in [9.17, 15) is 14.4 Å². The van der Waals surface area contributed by atoms with Gasteiger partial charge in [0.25, 0.3) is 0 Å². The minimum atomic E-state index is -0.237. The molecule has 0 N–H and O–H groups in total. The quantitative estimate of drug-likeness (QED) is 0.384. The molecule has 0 saturated carbocycles. The van der Waals surface area contributed by atoms with Gasteiger partial charge in [0, 0.05) is 19.5 Å². The molecule has 0 radical (unpaired) electrons. The second-order valence-electron chi connectivity index (χ2n) is 8.49. The molecule has 0 fully saturated rings. The molecule has 2 amide bonds. The van der Waals surface area contributed by atoms with Gasteiger partial charge in [-0.3, -0.25) is 14.4 Å². The van der Waals surface area contributed by atoms with Crippen LogP contribution in [0.15, 0.2) is 76.7 Å². The second-order valence-corrected chi connectivity index (χ2v) is 8.49. The highest BCUT2D eigenvalue weighted by Gasteiger charge is 2.22. The van der Waals surface area contributed by atoms with Crippen LogP contribution in [0.3, 0.4) is 0 Å². The smallest absolute Gasteiger partial charge is 0.242 e. The molecule has 0 bridgehead atoms. The topological polar surface area (TPSA) is 70.8 Å². The van der Waals surface area contributed by atoms with E-state index in [1.807, 2.05) is 50.2 Å². The van der Waals surface area contributed by atoms with Crippen LogP contribution in [0.4, 0.5) is 0 Å². The van der Waals surface area contributed by atoms with E-state index in [1.165, 1.54) is 11.2 Å². The van der Waals surface area contributed by atoms with Crippen LogP contribution in [-0.4, -0.2) is 34.7 Å². The normalized spacial score (nSPS) is 10.8. The standard InChI is InChI=1S/C28H32N2O4/c1-4-6-12-26(31)29(15-5-2)19-27(32)30(17-22-10-8-7-9-11-22)18-23-20-34-25-14-13-21(3)16-24(25)28(23)33/h5,7-11,13-14,16,20H,2,4,6,12,15,17-19H2,1,3H3. The van der Waals surface area contributed by atoms with E-state index < -0.39 is 0 Å². The van der Waals surface area contributed by atoms with E-state index >= 15 is 0 Å². The maximum absolute atomic E-state index is 13.4. The summed E-state index contributed by atoms with van der Waals surface area (Å²) in [6, 6.07) is 15.0. The van der Waals surface area contributed by atoms with Crippen LogP contribution in [0, 0.1) is 6.92 Å². The van der Waals surface area contributed by atoms with Crippen molar-refractivity contribution < 1.29 is 14.0 Å². The Morgan fingerprint density at radius 3 is 2.50 bits per heavy atom. The average Bonchev–Trinajstić information content (AvgIpc) is 2.84. The van der Waals surface area contributed by atoms with Crippen molar-refractivity contribution in [2.75, 3.05) is 13.1 Å². The molecule has 2 aromatic carbocycles. The third kappa shape index (κ3) is 6.44. The van der Waals surface area contributed by atoms with Crippen molar-refractivity contribution in [2.24, 2.45) is 0 Å². The fraction of sp³-hybridized carbons (Fsp3) is 0.321. The predicted molar refractivity (Wildman–Crippen MR) is 134 cm³/mol. The van der Waals surface area contributed by atoms with Gasteiger partial charge in [-0.15, -0.1) is 6.58 Å². The molecular weight excluding hydrogens is 428 g/mol. The van der Waals surface area contributed by atoms with Crippen molar-refractivity contribution in [1.29, 1.82) is 0 Å². The monoisotopic (exact) mass is 460 g/mol. The Morgan fingerprint density at radius 1 is 1.03 bits per heavy atom. The molecule has 3 rings (SSSR count). The molecule has 0 atom stereocenters. The van der Waals surface area contributed by atoms with E-state index in [0.29, 0.717) is 36.0 Å². The second kappa shape index (κ2) is 12.0. The van der Waals surface area contributed by atoms with Crippen LogP contribution in [0.2, 0.25) is 0 Å². The van der Waals surface area contributed by atoms with Gasteiger partial charge in [0.1, 0.15) is 12.1 Å². The highest BCUT2D eigenvalue weighted by Crippen LogP contribution is 2.16. The fourth-order valence-corrected chi connectivity index (χ4v) is 3.80. The highest BCUT2D eigenvalue weighted by molar-refractivity contribution is 5.85. The molecule has 0 saturated heterocycles. The Labute approximate surface area is 200 Å². The number of nitrogens with zero attached hydrogens (tertiary/aromatic N) is 2. The Kier molecular flexibility index (Phi) is 8.79. The molecular formula is C28H32N2O4. The molecule has 0 spiro atoms. The third-order valence-electron chi connectivity index (χ3n) is 5.70. The van der Waals surface area contributed by atoms with Gasteiger partial charge < -0.3 is 14.2 Å².